The Labute approximate surface area is 111 Å². The molecule has 1 aliphatic rings. The van der Waals surface area contributed by atoms with Gasteiger partial charge in [-0.15, -0.1) is 0 Å². The average Bonchev–Trinajstić information content (AvgIpc) is 2.57. The van der Waals surface area contributed by atoms with Gasteiger partial charge in [-0.05, 0) is 48.0 Å². The van der Waals surface area contributed by atoms with Gasteiger partial charge in [0.25, 0.3) is 0 Å². The molecule has 0 aromatic heterocycles. The van der Waals surface area contributed by atoms with Gasteiger partial charge in [0.05, 0.1) is 6.42 Å². The maximum atomic E-state index is 11.1. The molecule has 3 nitrogen and oxygen atoms in total. The lowest BCUT2D eigenvalue weighted by molar-refractivity contribution is -0.139. The van der Waals surface area contributed by atoms with Crippen LogP contribution in [0.25, 0.3) is 0 Å². The van der Waals surface area contributed by atoms with Gasteiger partial charge >= 0.3 is 5.97 Å². The van der Waals surface area contributed by atoms with E-state index in [1.165, 1.54) is 0 Å². The Morgan fingerprint density at radius 2 is 1.94 bits per heavy atom. The Bertz CT molecular complexity index is 306. The Morgan fingerprint density at radius 3 is 2.22 bits per heavy atom. The molecule has 0 radical (unpaired) electrons. The third-order valence-electron chi connectivity index (χ3n) is 4.77. The Balaban J connectivity index is 2.98. The maximum Gasteiger partial charge on any atom is 0.303 e. The number of hydrogen-bond acceptors (Lipinski definition) is 2. The molecule has 3 atom stereocenters. The topological polar surface area (TPSA) is 63.3 Å². The van der Waals surface area contributed by atoms with Crippen LogP contribution < -0.4 is 5.73 Å². The van der Waals surface area contributed by atoms with E-state index in [4.69, 9.17) is 10.8 Å². The van der Waals surface area contributed by atoms with Crippen LogP contribution in [0.1, 0.15) is 53.9 Å². The summed E-state index contributed by atoms with van der Waals surface area (Å²) in [7, 11) is 0. The van der Waals surface area contributed by atoms with Crippen LogP contribution in [-0.4, -0.2) is 17.6 Å². The fourth-order valence-corrected chi connectivity index (χ4v) is 3.70. The van der Waals surface area contributed by atoms with E-state index >= 15 is 0 Å². The standard InChI is InChI=1S/C15H29NO2/c1-10(2)11-6-15(9-16,8-13(17)18)7-12(11)14(3,4)5/h10-12H,6-9,16H2,1-5H3,(H,17,18)/t11-,12+,15+/m0/s1. The van der Waals surface area contributed by atoms with Crippen LogP contribution in [0.4, 0.5) is 0 Å². The molecule has 0 bridgehead atoms. The molecule has 1 saturated carbocycles. The highest BCUT2D eigenvalue weighted by Crippen LogP contribution is 2.55. The number of rotatable bonds is 4. The van der Waals surface area contributed by atoms with Gasteiger partial charge < -0.3 is 10.8 Å². The second-order valence-corrected chi connectivity index (χ2v) is 7.56. The summed E-state index contributed by atoms with van der Waals surface area (Å²) in [5.41, 5.74) is 5.97. The molecule has 0 saturated heterocycles. The van der Waals surface area contributed by atoms with Gasteiger partial charge in [-0.3, -0.25) is 4.79 Å². The summed E-state index contributed by atoms with van der Waals surface area (Å²) in [5.74, 6) is 1.04. The third kappa shape index (κ3) is 3.25. The van der Waals surface area contributed by atoms with Crippen molar-refractivity contribution in [2.24, 2.45) is 34.3 Å². The number of carbonyl (C=O) groups is 1. The first-order valence-electron chi connectivity index (χ1n) is 7.03. The lowest BCUT2D eigenvalue weighted by Crippen LogP contribution is -2.31. The van der Waals surface area contributed by atoms with Crippen molar-refractivity contribution in [2.45, 2.75) is 53.9 Å². The predicted molar refractivity (Wildman–Crippen MR) is 74.2 cm³/mol. The molecule has 1 fully saturated rings. The summed E-state index contributed by atoms with van der Waals surface area (Å²) >= 11 is 0. The molecule has 3 N–H and O–H groups in total. The Morgan fingerprint density at radius 1 is 1.39 bits per heavy atom. The lowest BCUT2D eigenvalue weighted by Gasteiger charge is -2.34. The van der Waals surface area contributed by atoms with E-state index in [0.717, 1.165) is 12.8 Å². The zero-order valence-corrected chi connectivity index (χ0v) is 12.5. The van der Waals surface area contributed by atoms with E-state index < -0.39 is 5.97 Å². The highest BCUT2D eigenvalue weighted by molar-refractivity contribution is 5.67. The molecule has 0 heterocycles. The van der Waals surface area contributed by atoms with Crippen molar-refractivity contribution in [2.75, 3.05) is 6.54 Å². The van der Waals surface area contributed by atoms with Crippen LogP contribution in [0, 0.1) is 28.6 Å². The van der Waals surface area contributed by atoms with Gasteiger partial charge in [0.15, 0.2) is 0 Å². The van der Waals surface area contributed by atoms with Crippen LogP contribution in [-0.2, 0) is 4.79 Å². The van der Waals surface area contributed by atoms with Gasteiger partial charge in [-0.2, -0.15) is 0 Å². The third-order valence-corrected chi connectivity index (χ3v) is 4.77. The smallest absolute Gasteiger partial charge is 0.303 e. The second kappa shape index (κ2) is 5.20. The van der Waals surface area contributed by atoms with Crippen molar-refractivity contribution in [3.63, 3.8) is 0 Å². The van der Waals surface area contributed by atoms with E-state index in [0.29, 0.717) is 24.3 Å². The van der Waals surface area contributed by atoms with Crippen molar-refractivity contribution in [3.8, 4) is 0 Å². The van der Waals surface area contributed by atoms with Crippen molar-refractivity contribution in [1.29, 1.82) is 0 Å². The van der Waals surface area contributed by atoms with Gasteiger partial charge in [0.2, 0.25) is 0 Å². The van der Waals surface area contributed by atoms with Crippen LogP contribution in [0.15, 0.2) is 0 Å². The first kappa shape index (κ1) is 15.5. The Kier molecular flexibility index (Phi) is 4.47. The number of hydrogen-bond donors (Lipinski definition) is 2. The lowest BCUT2D eigenvalue weighted by atomic mass is 9.71. The van der Waals surface area contributed by atoms with Gasteiger partial charge in [-0.1, -0.05) is 34.6 Å². The number of carboxylic acid groups (broad SMARTS) is 1. The summed E-state index contributed by atoms with van der Waals surface area (Å²) in [4.78, 5) is 11.1. The molecule has 0 aromatic carbocycles. The number of nitrogens with two attached hydrogens (primary N) is 1. The zero-order chi connectivity index (χ0) is 14.1. The molecule has 0 aliphatic heterocycles. The average molecular weight is 255 g/mol. The number of aliphatic carboxylic acids is 1. The van der Waals surface area contributed by atoms with E-state index in [9.17, 15) is 4.79 Å². The monoisotopic (exact) mass is 255 g/mol. The van der Waals surface area contributed by atoms with Crippen molar-refractivity contribution in [3.05, 3.63) is 0 Å². The van der Waals surface area contributed by atoms with E-state index in [2.05, 4.69) is 34.6 Å². The van der Waals surface area contributed by atoms with E-state index in [1.807, 2.05) is 0 Å². The fraction of sp³-hybridized carbons (Fsp3) is 0.933. The molecule has 0 aromatic rings. The first-order valence-corrected chi connectivity index (χ1v) is 7.03. The molecule has 106 valence electrons. The molecule has 0 amide bonds. The minimum Gasteiger partial charge on any atom is -0.481 e. The molecule has 0 spiro atoms. The van der Waals surface area contributed by atoms with Crippen LogP contribution in [0.5, 0.6) is 0 Å². The largest absolute Gasteiger partial charge is 0.481 e. The normalized spacial score (nSPS) is 33.1. The minimum atomic E-state index is -0.711. The number of carboxylic acids is 1. The van der Waals surface area contributed by atoms with Crippen LogP contribution in [0.3, 0.4) is 0 Å². The van der Waals surface area contributed by atoms with E-state index in [1.54, 1.807) is 0 Å². The van der Waals surface area contributed by atoms with Crippen molar-refractivity contribution >= 4 is 5.97 Å². The highest BCUT2D eigenvalue weighted by atomic mass is 16.4. The maximum absolute atomic E-state index is 11.1. The summed E-state index contributed by atoms with van der Waals surface area (Å²) in [5, 5.41) is 9.13. The summed E-state index contributed by atoms with van der Waals surface area (Å²) < 4.78 is 0. The molecule has 1 rings (SSSR count). The van der Waals surface area contributed by atoms with Gasteiger partial charge in [0.1, 0.15) is 0 Å². The molecular formula is C15H29NO2. The van der Waals surface area contributed by atoms with Gasteiger partial charge in [0, 0.05) is 0 Å². The summed E-state index contributed by atoms with van der Waals surface area (Å²) in [6.07, 6.45) is 2.15. The molecule has 0 unspecified atom stereocenters. The molecular weight excluding hydrogens is 226 g/mol. The van der Waals surface area contributed by atoms with Crippen LogP contribution >= 0.6 is 0 Å². The van der Waals surface area contributed by atoms with Crippen molar-refractivity contribution < 1.29 is 9.90 Å². The zero-order valence-electron chi connectivity index (χ0n) is 12.5. The van der Waals surface area contributed by atoms with Crippen LogP contribution in [0.2, 0.25) is 0 Å². The molecule has 3 heteroatoms. The minimum absolute atomic E-state index is 0.182. The SMILES string of the molecule is CC(C)[C@@H]1C[C@](CN)(CC(=O)O)C[C@H]1C(C)(C)C. The van der Waals surface area contributed by atoms with Crippen molar-refractivity contribution in [1.82, 2.24) is 0 Å². The quantitative estimate of drug-likeness (QED) is 0.811. The first-order chi connectivity index (χ1) is 8.11. The summed E-state index contributed by atoms with van der Waals surface area (Å²) in [6, 6.07) is 0. The predicted octanol–water partition coefficient (Wildman–Crippen LogP) is 3.13. The van der Waals surface area contributed by atoms with E-state index in [-0.39, 0.29) is 17.3 Å². The Hall–Kier alpha value is -0.570. The molecule has 18 heavy (non-hydrogen) atoms. The fourth-order valence-electron chi connectivity index (χ4n) is 3.70. The summed E-state index contributed by atoms with van der Waals surface area (Å²) in [6.45, 7) is 11.8. The van der Waals surface area contributed by atoms with Gasteiger partial charge in [-0.25, -0.2) is 0 Å². The highest BCUT2D eigenvalue weighted by Gasteiger charge is 2.49. The molecule has 1 aliphatic carbocycles. The second-order valence-electron chi connectivity index (χ2n) is 7.56.